The number of sulfone groups is 1. The normalized spacial score (nSPS) is 11.7. The van der Waals surface area contributed by atoms with E-state index < -0.39 is 9.84 Å². The predicted molar refractivity (Wildman–Crippen MR) is 89.6 cm³/mol. The van der Waals surface area contributed by atoms with Crippen LogP contribution in [0.15, 0.2) is 47.8 Å². The third-order valence-corrected chi connectivity index (χ3v) is 4.94. The van der Waals surface area contributed by atoms with Crippen molar-refractivity contribution in [2.24, 2.45) is 0 Å². The van der Waals surface area contributed by atoms with E-state index in [9.17, 15) is 12.8 Å². The van der Waals surface area contributed by atoms with Crippen molar-refractivity contribution in [1.29, 1.82) is 0 Å². The molecule has 0 amide bonds. The minimum absolute atomic E-state index is 0.111. The summed E-state index contributed by atoms with van der Waals surface area (Å²) >= 11 is 6.15. The highest BCUT2D eigenvalue weighted by Crippen LogP contribution is 2.30. The summed E-state index contributed by atoms with van der Waals surface area (Å²) < 4.78 is 38.5. The average Bonchev–Trinajstić information content (AvgIpc) is 2.91. The van der Waals surface area contributed by atoms with Gasteiger partial charge >= 0.3 is 0 Å². The maximum Gasteiger partial charge on any atom is 0.177 e. The molecule has 0 saturated heterocycles. The lowest BCUT2D eigenvalue weighted by Gasteiger charge is -2.09. The van der Waals surface area contributed by atoms with E-state index in [2.05, 4.69) is 9.97 Å². The Bertz CT molecular complexity index is 1010. The molecule has 8 heteroatoms. The van der Waals surface area contributed by atoms with Crippen LogP contribution >= 0.6 is 11.6 Å². The smallest absolute Gasteiger partial charge is 0.177 e. The summed E-state index contributed by atoms with van der Waals surface area (Å²) in [5, 5.41) is 0.201. The molecule has 0 atom stereocenters. The number of pyridine rings is 1. The first kappa shape index (κ1) is 16.6. The van der Waals surface area contributed by atoms with Gasteiger partial charge in [-0.05, 0) is 30.7 Å². The molecule has 0 spiro atoms. The summed E-state index contributed by atoms with van der Waals surface area (Å²) in [4.78, 5) is 8.30. The van der Waals surface area contributed by atoms with Gasteiger partial charge in [-0.1, -0.05) is 23.7 Å². The highest BCUT2D eigenvalue weighted by atomic mass is 35.5. The standard InChI is InChI=1S/C16H13ClFN3O2S/c1-10-3-4-11(7-13(10)18)15-16(17)20-9-21(15)14-6-5-12(8-19-14)24(2,22)23/h3-9H,1-2H3. The second kappa shape index (κ2) is 5.99. The lowest BCUT2D eigenvalue weighted by molar-refractivity contribution is 0.601. The molecule has 0 aliphatic carbocycles. The fourth-order valence-corrected chi connectivity index (χ4v) is 3.04. The second-order valence-corrected chi connectivity index (χ2v) is 7.72. The molecular formula is C16H13ClFN3O2S. The highest BCUT2D eigenvalue weighted by Gasteiger charge is 2.16. The fraction of sp³-hybridized carbons (Fsp3) is 0.125. The molecule has 2 aromatic heterocycles. The number of halogens is 2. The number of hydrogen-bond acceptors (Lipinski definition) is 4. The second-order valence-electron chi connectivity index (χ2n) is 5.34. The van der Waals surface area contributed by atoms with E-state index in [1.807, 2.05) is 0 Å². The van der Waals surface area contributed by atoms with Crippen molar-refractivity contribution in [3.63, 3.8) is 0 Å². The topological polar surface area (TPSA) is 64.8 Å². The van der Waals surface area contributed by atoms with Gasteiger partial charge in [-0.3, -0.25) is 4.57 Å². The summed E-state index contributed by atoms with van der Waals surface area (Å²) in [5.41, 5.74) is 1.56. The number of benzene rings is 1. The molecule has 3 rings (SSSR count). The van der Waals surface area contributed by atoms with Crippen LogP contribution in [0.2, 0.25) is 5.15 Å². The summed E-state index contributed by atoms with van der Waals surface area (Å²) in [5.74, 6) is 0.0782. The van der Waals surface area contributed by atoms with Gasteiger partial charge in [0, 0.05) is 18.0 Å². The van der Waals surface area contributed by atoms with Crippen LogP contribution in [-0.2, 0) is 9.84 Å². The van der Waals surface area contributed by atoms with Crippen LogP contribution in [0.4, 0.5) is 4.39 Å². The SMILES string of the molecule is Cc1ccc(-c2c(Cl)ncn2-c2ccc(S(C)(=O)=O)cn2)cc1F. The van der Waals surface area contributed by atoms with Crippen molar-refractivity contribution in [2.75, 3.05) is 6.26 Å². The van der Waals surface area contributed by atoms with Gasteiger partial charge in [-0.2, -0.15) is 0 Å². The van der Waals surface area contributed by atoms with Gasteiger partial charge in [-0.25, -0.2) is 22.8 Å². The predicted octanol–water partition coefficient (Wildman–Crippen LogP) is 3.44. The molecule has 5 nitrogen and oxygen atoms in total. The third-order valence-electron chi connectivity index (χ3n) is 3.56. The van der Waals surface area contributed by atoms with Crippen molar-refractivity contribution < 1.29 is 12.8 Å². The van der Waals surface area contributed by atoms with Crippen molar-refractivity contribution >= 4 is 21.4 Å². The van der Waals surface area contributed by atoms with Crippen LogP contribution in [0.3, 0.4) is 0 Å². The van der Waals surface area contributed by atoms with E-state index in [4.69, 9.17) is 11.6 Å². The van der Waals surface area contributed by atoms with Crippen LogP contribution in [0.5, 0.6) is 0 Å². The Labute approximate surface area is 143 Å². The number of aromatic nitrogens is 3. The lowest BCUT2D eigenvalue weighted by Crippen LogP contribution is -2.02. The monoisotopic (exact) mass is 365 g/mol. The molecule has 0 N–H and O–H groups in total. The van der Waals surface area contributed by atoms with E-state index >= 15 is 0 Å². The summed E-state index contributed by atoms with van der Waals surface area (Å²) in [6, 6.07) is 7.76. The number of hydrogen-bond donors (Lipinski definition) is 0. The Kier molecular flexibility index (Phi) is 4.15. The largest absolute Gasteiger partial charge is 0.281 e. The number of aryl methyl sites for hydroxylation is 1. The van der Waals surface area contributed by atoms with Gasteiger partial charge in [0.25, 0.3) is 0 Å². The minimum Gasteiger partial charge on any atom is -0.281 e. The number of rotatable bonds is 3. The fourth-order valence-electron chi connectivity index (χ4n) is 2.23. The van der Waals surface area contributed by atoms with Crippen LogP contribution in [0, 0.1) is 12.7 Å². The number of nitrogens with zero attached hydrogens (tertiary/aromatic N) is 3. The Morgan fingerprint density at radius 1 is 1.17 bits per heavy atom. The van der Waals surface area contributed by atoms with Crippen molar-refractivity contribution in [3.05, 3.63) is 59.4 Å². The molecule has 0 aliphatic rings. The first-order chi connectivity index (χ1) is 11.3. The Hall–Kier alpha value is -2.25. The quantitative estimate of drug-likeness (QED) is 0.713. The maximum atomic E-state index is 13.9. The average molecular weight is 366 g/mol. The molecule has 2 heterocycles. The lowest BCUT2D eigenvalue weighted by atomic mass is 10.1. The van der Waals surface area contributed by atoms with E-state index in [1.54, 1.807) is 29.7 Å². The molecule has 1 aromatic carbocycles. The van der Waals surface area contributed by atoms with Crippen molar-refractivity contribution in [3.8, 4) is 17.1 Å². The molecule has 124 valence electrons. The van der Waals surface area contributed by atoms with Crippen LogP contribution < -0.4 is 0 Å². The molecule has 0 bridgehead atoms. The Balaban J connectivity index is 2.12. The van der Waals surface area contributed by atoms with Crippen molar-refractivity contribution in [2.45, 2.75) is 11.8 Å². The first-order valence-electron chi connectivity index (χ1n) is 6.93. The summed E-state index contributed by atoms with van der Waals surface area (Å²) in [7, 11) is -3.33. The molecule has 0 saturated carbocycles. The van der Waals surface area contributed by atoms with Gasteiger partial charge in [0.05, 0.1) is 10.6 Å². The van der Waals surface area contributed by atoms with Gasteiger partial charge in [0.2, 0.25) is 0 Å². The van der Waals surface area contributed by atoms with Gasteiger partial charge in [0.15, 0.2) is 15.0 Å². The third kappa shape index (κ3) is 3.05. The van der Waals surface area contributed by atoms with Crippen LogP contribution in [-0.4, -0.2) is 29.2 Å². The van der Waals surface area contributed by atoms with Crippen LogP contribution in [0.25, 0.3) is 17.1 Å². The molecule has 0 radical (unpaired) electrons. The van der Waals surface area contributed by atoms with E-state index in [-0.39, 0.29) is 15.9 Å². The van der Waals surface area contributed by atoms with Gasteiger partial charge in [-0.15, -0.1) is 0 Å². The number of imidazole rings is 1. The maximum absolute atomic E-state index is 13.9. The molecule has 0 aliphatic heterocycles. The molecule has 24 heavy (non-hydrogen) atoms. The Morgan fingerprint density at radius 2 is 1.92 bits per heavy atom. The van der Waals surface area contributed by atoms with Gasteiger partial charge in [0.1, 0.15) is 18.0 Å². The zero-order chi connectivity index (χ0) is 17.5. The summed E-state index contributed by atoms with van der Waals surface area (Å²) in [6.45, 7) is 1.67. The zero-order valence-corrected chi connectivity index (χ0v) is 14.4. The van der Waals surface area contributed by atoms with Crippen LogP contribution in [0.1, 0.15) is 5.56 Å². The molecule has 0 fully saturated rings. The molecular weight excluding hydrogens is 353 g/mol. The van der Waals surface area contributed by atoms with E-state index in [0.29, 0.717) is 22.6 Å². The highest BCUT2D eigenvalue weighted by molar-refractivity contribution is 7.90. The first-order valence-corrected chi connectivity index (χ1v) is 9.20. The minimum atomic E-state index is -3.33. The molecule has 3 aromatic rings. The zero-order valence-electron chi connectivity index (χ0n) is 12.9. The van der Waals surface area contributed by atoms with Crippen molar-refractivity contribution in [1.82, 2.24) is 14.5 Å². The Morgan fingerprint density at radius 3 is 2.50 bits per heavy atom. The van der Waals surface area contributed by atoms with Gasteiger partial charge < -0.3 is 0 Å². The van der Waals surface area contributed by atoms with E-state index in [0.717, 1.165) is 6.26 Å². The molecule has 0 unspecified atom stereocenters. The van der Waals surface area contributed by atoms with E-state index in [1.165, 1.54) is 24.7 Å². The summed E-state index contributed by atoms with van der Waals surface area (Å²) in [6.07, 6.45) is 3.83.